The van der Waals surface area contributed by atoms with Gasteiger partial charge in [-0.05, 0) is 37.0 Å². The largest absolute Gasteiger partial charge is 0.296 e. The van der Waals surface area contributed by atoms with Gasteiger partial charge in [0.2, 0.25) is 0 Å². The highest BCUT2D eigenvalue weighted by Crippen LogP contribution is 2.15. The molecule has 0 unspecified atom stereocenters. The molecule has 0 aliphatic rings. The fourth-order valence-electron chi connectivity index (χ4n) is 1.46. The molecule has 0 saturated heterocycles. The lowest BCUT2D eigenvalue weighted by Gasteiger charge is -2.05. The van der Waals surface area contributed by atoms with E-state index in [0.29, 0.717) is 6.42 Å². The molecule has 0 bridgehead atoms. The first-order chi connectivity index (χ1) is 8.10. The molecule has 3 nitrogen and oxygen atoms in total. The lowest BCUT2D eigenvalue weighted by atomic mass is 10.1. The van der Waals surface area contributed by atoms with Gasteiger partial charge in [0, 0.05) is 0 Å². The zero-order chi connectivity index (χ0) is 12.7. The molecule has 0 aliphatic carbocycles. The van der Waals surface area contributed by atoms with Crippen molar-refractivity contribution >= 4 is 10.1 Å². The van der Waals surface area contributed by atoms with Crippen LogP contribution in [0.2, 0.25) is 0 Å². The summed E-state index contributed by atoms with van der Waals surface area (Å²) < 4.78 is 28.2. The second kappa shape index (κ2) is 6.77. The molecule has 0 aromatic heterocycles. The van der Waals surface area contributed by atoms with Crippen LogP contribution < -0.4 is 0 Å². The van der Waals surface area contributed by atoms with Crippen molar-refractivity contribution in [3.63, 3.8) is 0 Å². The van der Waals surface area contributed by atoms with Gasteiger partial charge in [0.15, 0.2) is 0 Å². The summed E-state index contributed by atoms with van der Waals surface area (Å²) in [6.45, 7) is 4.25. The topological polar surface area (TPSA) is 43.4 Å². The van der Waals surface area contributed by atoms with E-state index in [2.05, 4.69) is 6.92 Å². The third-order valence-electron chi connectivity index (χ3n) is 2.47. The average Bonchev–Trinajstić information content (AvgIpc) is 2.34. The van der Waals surface area contributed by atoms with Gasteiger partial charge in [0.1, 0.15) is 0 Å². The Morgan fingerprint density at radius 1 is 1.06 bits per heavy atom. The minimum atomic E-state index is -3.56. The van der Waals surface area contributed by atoms with Crippen LogP contribution in [0.5, 0.6) is 0 Å². The van der Waals surface area contributed by atoms with Crippen molar-refractivity contribution < 1.29 is 12.6 Å². The van der Waals surface area contributed by atoms with Crippen molar-refractivity contribution in [3.8, 4) is 0 Å². The van der Waals surface area contributed by atoms with E-state index in [1.54, 1.807) is 12.1 Å². The Morgan fingerprint density at radius 2 is 1.71 bits per heavy atom. The fraction of sp³-hybridized carbons (Fsp3) is 0.538. The minimum Gasteiger partial charge on any atom is -0.266 e. The second-order valence-electron chi connectivity index (χ2n) is 4.02. The van der Waals surface area contributed by atoms with Crippen LogP contribution >= 0.6 is 0 Å². The molecule has 1 rings (SSSR count). The first-order valence-electron chi connectivity index (χ1n) is 6.08. The average molecular weight is 256 g/mol. The van der Waals surface area contributed by atoms with Crippen LogP contribution in [-0.4, -0.2) is 15.0 Å². The molecular weight excluding hydrogens is 236 g/mol. The highest BCUT2D eigenvalue weighted by Gasteiger charge is 2.13. The maximum Gasteiger partial charge on any atom is 0.296 e. The van der Waals surface area contributed by atoms with Gasteiger partial charge >= 0.3 is 0 Å². The lowest BCUT2D eigenvalue weighted by Crippen LogP contribution is -2.07. The highest BCUT2D eigenvalue weighted by molar-refractivity contribution is 7.86. The van der Waals surface area contributed by atoms with Crippen molar-refractivity contribution in [1.29, 1.82) is 0 Å². The van der Waals surface area contributed by atoms with Crippen LogP contribution in [0.3, 0.4) is 0 Å². The van der Waals surface area contributed by atoms with Crippen LogP contribution in [-0.2, 0) is 20.7 Å². The summed E-state index contributed by atoms with van der Waals surface area (Å²) in [7, 11) is -3.56. The molecule has 0 spiro atoms. The van der Waals surface area contributed by atoms with Crippen LogP contribution in [0, 0.1) is 0 Å². The fourth-order valence-corrected chi connectivity index (χ4v) is 2.46. The highest BCUT2D eigenvalue weighted by atomic mass is 32.2. The van der Waals surface area contributed by atoms with Gasteiger partial charge in [-0.1, -0.05) is 32.4 Å². The standard InChI is InChI=1S/C13H20O3S/c1-3-5-6-12-7-9-13(10-8-12)17(14,15)16-11-4-2/h7-10H,3-6,11H2,1-2H3. The van der Waals surface area contributed by atoms with Crippen molar-refractivity contribution in [3.05, 3.63) is 29.8 Å². The van der Waals surface area contributed by atoms with E-state index < -0.39 is 10.1 Å². The molecule has 0 amide bonds. The molecule has 17 heavy (non-hydrogen) atoms. The van der Waals surface area contributed by atoms with Crippen LogP contribution in [0.15, 0.2) is 29.2 Å². The maximum absolute atomic E-state index is 11.7. The van der Waals surface area contributed by atoms with E-state index in [-0.39, 0.29) is 11.5 Å². The first-order valence-corrected chi connectivity index (χ1v) is 7.49. The maximum atomic E-state index is 11.7. The van der Waals surface area contributed by atoms with Gasteiger partial charge in [-0.2, -0.15) is 8.42 Å². The summed E-state index contributed by atoms with van der Waals surface area (Å²) in [5, 5.41) is 0. The van der Waals surface area contributed by atoms with Crippen molar-refractivity contribution in [1.82, 2.24) is 0 Å². The summed E-state index contributed by atoms with van der Waals surface area (Å²) in [5.74, 6) is 0. The van der Waals surface area contributed by atoms with Gasteiger partial charge in [0.05, 0.1) is 11.5 Å². The Labute approximate surface area is 104 Å². The summed E-state index contributed by atoms with van der Waals surface area (Å²) >= 11 is 0. The number of hydrogen-bond donors (Lipinski definition) is 0. The second-order valence-corrected chi connectivity index (χ2v) is 5.64. The first kappa shape index (κ1) is 14.2. The molecule has 0 atom stereocenters. The zero-order valence-corrected chi connectivity index (χ0v) is 11.3. The molecule has 1 aromatic rings. The Balaban J connectivity index is 2.73. The summed E-state index contributed by atoms with van der Waals surface area (Å²) in [5.41, 5.74) is 1.17. The van der Waals surface area contributed by atoms with Crippen molar-refractivity contribution in [2.45, 2.75) is 44.4 Å². The predicted molar refractivity (Wildman–Crippen MR) is 68.5 cm³/mol. The minimum absolute atomic E-state index is 0.236. The Kier molecular flexibility index (Phi) is 5.65. The third-order valence-corrected chi connectivity index (χ3v) is 3.80. The normalized spacial score (nSPS) is 11.6. The molecular formula is C13H20O3S. The number of unbranched alkanes of at least 4 members (excludes halogenated alkanes) is 1. The molecule has 0 saturated carbocycles. The lowest BCUT2D eigenvalue weighted by molar-refractivity contribution is 0.318. The zero-order valence-electron chi connectivity index (χ0n) is 10.5. The van der Waals surface area contributed by atoms with Crippen LogP contribution in [0.4, 0.5) is 0 Å². The molecule has 96 valence electrons. The van der Waals surface area contributed by atoms with E-state index >= 15 is 0 Å². The summed E-state index contributed by atoms with van der Waals surface area (Å²) in [4.78, 5) is 0.242. The van der Waals surface area contributed by atoms with E-state index in [9.17, 15) is 8.42 Å². The molecule has 4 heteroatoms. The van der Waals surface area contributed by atoms with Gasteiger partial charge in [0.25, 0.3) is 10.1 Å². The Hall–Kier alpha value is -0.870. The van der Waals surface area contributed by atoms with Gasteiger partial charge < -0.3 is 0 Å². The van der Waals surface area contributed by atoms with E-state index in [1.165, 1.54) is 5.56 Å². The summed E-state index contributed by atoms with van der Waals surface area (Å²) in [6, 6.07) is 6.96. The van der Waals surface area contributed by atoms with E-state index in [1.807, 2.05) is 19.1 Å². The van der Waals surface area contributed by atoms with Crippen LogP contribution in [0.1, 0.15) is 38.7 Å². The monoisotopic (exact) mass is 256 g/mol. The SMILES string of the molecule is CCCCc1ccc(S(=O)(=O)OCCC)cc1. The number of aryl methyl sites for hydroxylation is 1. The number of rotatable bonds is 7. The summed E-state index contributed by atoms with van der Waals surface area (Å²) in [6.07, 6.45) is 3.94. The predicted octanol–water partition coefficient (Wildman–Crippen LogP) is 3.14. The molecule has 0 radical (unpaired) electrons. The van der Waals surface area contributed by atoms with Crippen molar-refractivity contribution in [2.75, 3.05) is 6.61 Å². The van der Waals surface area contributed by atoms with Gasteiger partial charge in [-0.15, -0.1) is 0 Å². The van der Waals surface area contributed by atoms with Crippen LogP contribution in [0.25, 0.3) is 0 Å². The van der Waals surface area contributed by atoms with Gasteiger partial charge in [-0.3, -0.25) is 4.18 Å². The number of benzene rings is 1. The van der Waals surface area contributed by atoms with E-state index in [0.717, 1.165) is 19.3 Å². The molecule has 0 fully saturated rings. The smallest absolute Gasteiger partial charge is 0.266 e. The molecule has 0 aliphatic heterocycles. The number of hydrogen-bond acceptors (Lipinski definition) is 3. The van der Waals surface area contributed by atoms with Crippen molar-refractivity contribution in [2.24, 2.45) is 0 Å². The van der Waals surface area contributed by atoms with Gasteiger partial charge in [-0.25, -0.2) is 0 Å². The molecule has 1 aromatic carbocycles. The molecule has 0 heterocycles. The molecule has 0 N–H and O–H groups in total. The Bertz CT molecular complexity index is 420. The Morgan fingerprint density at radius 3 is 2.24 bits per heavy atom. The quantitative estimate of drug-likeness (QED) is 0.704. The third kappa shape index (κ3) is 4.48. The van der Waals surface area contributed by atoms with E-state index in [4.69, 9.17) is 4.18 Å².